The van der Waals surface area contributed by atoms with Crippen molar-refractivity contribution >= 4 is 17.7 Å². The van der Waals surface area contributed by atoms with Crippen LogP contribution in [0.2, 0.25) is 0 Å². The molecule has 8 nitrogen and oxygen atoms in total. The van der Waals surface area contributed by atoms with Gasteiger partial charge < -0.3 is 24.5 Å². The Bertz CT molecular complexity index is 829. The topological polar surface area (TPSA) is 107 Å². The highest BCUT2D eigenvalue weighted by molar-refractivity contribution is 6.01. The summed E-state index contributed by atoms with van der Waals surface area (Å²) in [6, 6.07) is 1.73. The fourth-order valence-electron chi connectivity index (χ4n) is 4.07. The average Bonchev–Trinajstić information content (AvgIpc) is 3.27. The minimum absolute atomic E-state index is 0.0526. The van der Waals surface area contributed by atoms with E-state index in [1.807, 2.05) is 13.8 Å². The Morgan fingerprint density at radius 1 is 1.09 bits per heavy atom. The van der Waals surface area contributed by atoms with Crippen LogP contribution in [0.25, 0.3) is 0 Å². The van der Waals surface area contributed by atoms with Gasteiger partial charge in [0.25, 0.3) is 0 Å². The molecule has 1 aromatic heterocycles. The van der Waals surface area contributed by atoms with Gasteiger partial charge in [-0.3, -0.25) is 14.4 Å². The third kappa shape index (κ3) is 9.76. The Balaban J connectivity index is 1.69. The summed E-state index contributed by atoms with van der Waals surface area (Å²) in [5.74, 6) is -1.22. The van der Waals surface area contributed by atoms with Crippen LogP contribution in [-0.4, -0.2) is 54.3 Å². The van der Waals surface area contributed by atoms with Crippen LogP contribution in [0.1, 0.15) is 102 Å². The molecule has 35 heavy (non-hydrogen) atoms. The number of aryl methyl sites for hydroxylation is 1. The molecule has 8 heteroatoms. The maximum atomic E-state index is 13.3. The lowest BCUT2D eigenvalue weighted by molar-refractivity contribution is -0.298. The van der Waals surface area contributed by atoms with Crippen molar-refractivity contribution in [3.05, 3.63) is 23.5 Å². The monoisotopic (exact) mass is 492 g/mol. The summed E-state index contributed by atoms with van der Waals surface area (Å²) >= 11 is 0. The molecule has 2 heterocycles. The van der Waals surface area contributed by atoms with Crippen LogP contribution in [0.4, 0.5) is 0 Å². The molecule has 1 amide bonds. The first-order chi connectivity index (χ1) is 16.6. The number of H-pyrrole nitrogens is 1. The summed E-state index contributed by atoms with van der Waals surface area (Å²) in [5, 5.41) is 2.87. The Morgan fingerprint density at radius 2 is 1.83 bits per heavy atom. The first-order valence-electron chi connectivity index (χ1n) is 13.0. The third-order valence-corrected chi connectivity index (χ3v) is 6.23. The van der Waals surface area contributed by atoms with Crippen LogP contribution in [0.15, 0.2) is 12.3 Å². The van der Waals surface area contributed by atoms with E-state index in [0.717, 1.165) is 12.8 Å². The number of rotatable bonds is 15. The first-order valence-corrected chi connectivity index (χ1v) is 13.0. The second kappa shape index (κ2) is 13.8. The summed E-state index contributed by atoms with van der Waals surface area (Å²) in [4.78, 5) is 40.4. The van der Waals surface area contributed by atoms with Gasteiger partial charge in [-0.15, -0.1) is 0 Å². The highest BCUT2D eigenvalue weighted by Gasteiger charge is 2.46. The van der Waals surface area contributed by atoms with E-state index in [1.54, 1.807) is 26.1 Å². The molecule has 1 aromatic rings. The van der Waals surface area contributed by atoms with E-state index in [9.17, 15) is 14.4 Å². The number of nitrogens with one attached hydrogen (secondary N) is 2. The van der Waals surface area contributed by atoms with Gasteiger partial charge in [0.1, 0.15) is 6.10 Å². The summed E-state index contributed by atoms with van der Waals surface area (Å²) in [6.45, 7) is 10.8. The lowest BCUT2D eigenvalue weighted by atomic mass is 9.81. The molecule has 0 saturated carbocycles. The minimum atomic E-state index is -0.829. The van der Waals surface area contributed by atoms with E-state index >= 15 is 0 Å². The van der Waals surface area contributed by atoms with Gasteiger partial charge in [0, 0.05) is 35.8 Å². The number of ketones is 1. The number of carbonyl (C=O) groups excluding carboxylic acids is 3. The van der Waals surface area contributed by atoms with Crippen molar-refractivity contribution in [3.8, 4) is 0 Å². The highest BCUT2D eigenvalue weighted by Crippen LogP contribution is 2.36. The molecule has 1 aliphatic heterocycles. The molecule has 0 aliphatic carbocycles. The van der Waals surface area contributed by atoms with Crippen LogP contribution in [0.3, 0.4) is 0 Å². The fraction of sp³-hybridized carbons (Fsp3) is 0.741. The maximum absolute atomic E-state index is 13.3. The van der Waals surface area contributed by atoms with Gasteiger partial charge in [0.2, 0.25) is 5.91 Å². The van der Waals surface area contributed by atoms with E-state index in [4.69, 9.17) is 14.2 Å². The molecular weight excluding hydrogens is 448 g/mol. The number of Topliss-reactive ketones (excluding diaryl/α,β-unsaturated/α-hetero) is 1. The Labute approximate surface area is 209 Å². The second-order valence-electron chi connectivity index (χ2n) is 10.5. The SMILES string of the molecule is CCCCCCCC(=O)NCCCOC(=O)CCc1[nH]ccc1C(=O)C1OC(C)(C)OCC1(C)C. The van der Waals surface area contributed by atoms with Gasteiger partial charge >= 0.3 is 5.97 Å². The molecule has 2 N–H and O–H groups in total. The fourth-order valence-corrected chi connectivity index (χ4v) is 4.07. The predicted octanol–water partition coefficient (Wildman–Crippen LogP) is 4.72. The number of carbonyl (C=O) groups is 3. The molecule has 1 saturated heterocycles. The Hall–Kier alpha value is -2.19. The van der Waals surface area contributed by atoms with Crippen LogP contribution in [0, 0.1) is 5.41 Å². The smallest absolute Gasteiger partial charge is 0.306 e. The standard InChI is InChI=1S/C27H44N2O6/c1-6-7-8-9-10-12-22(30)29-16-11-18-33-23(31)14-13-21-20(15-17-28-21)24(32)25-26(2,3)19-34-27(4,5)35-25/h15,17,25,28H,6-14,16,18-19H2,1-5H3,(H,29,30). The largest absolute Gasteiger partial charge is 0.466 e. The number of unbranched alkanes of at least 4 members (excludes halogenated alkanes) is 4. The van der Waals surface area contributed by atoms with Crippen molar-refractivity contribution in [2.45, 2.75) is 104 Å². The average molecular weight is 493 g/mol. The molecular formula is C27H44N2O6. The molecule has 0 bridgehead atoms. The summed E-state index contributed by atoms with van der Waals surface area (Å²) in [5.41, 5.74) is 0.762. The van der Waals surface area contributed by atoms with Crippen molar-refractivity contribution in [1.82, 2.24) is 10.3 Å². The number of hydrogen-bond donors (Lipinski definition) is 2. The van der Waals surface area contributed by atoms with E-state index in [1.165, 1.54) is 19.3 Å². The number of amides is 1. The van der Waals surface area contributed by atoms with Gasteiger partial charge in [-0.25, -0.2) is 0 Å². The van der Waals surface area contributed by atoms with Gasteiger partial charge in [-0.2, -0.15) is 0 Å². The molecule has 0 aromatic carbocycles. The number of ether oxygens (including phenoxy) is 3. The van der Waals surface area contributed by atoms with Crippen LogP contribution in [0.5, 0.6) is 0 Å². The summed E-state index contributed by atoms with van der Waals surface area (Å²) < 4.78 is 17.0. The zero-order valence-corrected chi connectivity index (χ0v) is 22.2. The van der Waals surface area contributed by atoms with E-state index < -0.39 is 17.3 Å². The molecule has 0 spiro atoms. The Kier molecular flexibility index (Phi) is 11.4. The van der Waals surface area contributed by atoms with E-state index in [2.05, 4.69) is 17.2 Å². The highest BCUT2D eigenvalue weighted by atomic mass is 16.7. The van der Waals surface area contributed by atoms with Crippen molar-refractivity contribution in [3.63, 3.8) is 0 Å². The summed E-state index contributed by atoms with van der Waals surface area (Å²) in [7, 11) is 0. The summed E-state index contributed by atoms with van der Waals surface area (Å²) in [6.07, 6.45) is 8.31. The quantitative estimate of drug-likeness (QED) is 0.208. The molecule has 198 valence electrons. The molecule has 1 aliphatic rings. The molecule has 1 atom stereocenters. The van der Waals surface area contributed by atoms with Crippen molar-refractivity contribution in [2.75, 3.05) is 19.8 Å². The second-order valence-corrected chi connectivity index (χ2v) is 10.5. The van der Waals surface area contributed by atoms with Gasteiger partial charge in [0.05, 0.1) is 19.6 Å². The molecule has 2 rings (SSSR count). The van der Waals surface area contributed by atoms with Crippen molar-refractivity contribution < 1.29 is 28.6 Å². The predicted molar refractivity (Wildman–Crippen MR) is 134 cm³/mol. The van der Waals surface area contributed by atoms with E-state index in [0.29, 0.717) is 43.7 Å². The lowest BCUT2D eigenvalue weighted by Crippen LogP contribution is -2.53. The zero-order chi connectivity index (χ0) is 25.9. The lowest BCUT2D eigenvalue weighted by Gasteiger charge is -2.45. The van der Waals surface area contributed by atoms with Crippen LogP contribution >= 0.6 is 0 Å². The van der Waals surface area contributed by atoms with Crippen LogP contribution in [-0.2, 0) is 30.2 Å². The van der Waals surface area contributed by atoms with Gasteiger partial charge in [-0.1, -0.05) is 46.5 Å². The number of hydrogen-bond acceptors (Lipinski definition) is 6. The maximum Gasteiger partial charge on any atom is 0.306 e. The van der Waals surface area contributed by atoms with Crippen molar-refractivity contribution in [1.29, 1.82) is 0 Å². The normalized spacial score (nSPS) is 18.7. The van der Waals surface area contributed by atoms with Gasteiger partial charge in [0.15, 0.2) is 11.6 Å². The number of aromatic amines is 1. The zero-order valence-electron chi connectivity index (χ0n) is 22.2. The Morgan fingerprint density at radius 3 is 2.57 bits per heavy atom. The third-order valence-electron chi connectivity index (χ3n) is 6.23. The van der Waals surface area contributed by atoms with E-state index in [-0.39, 0.29) is 30.7 Å². The molecule has 0 radical (unpaired) electrons. The first kappa shape index (κ1) is 29.0. The molecule has 1 unspecified atom stereocenters. The van der Waals surface area contributed by atoms with Gasteiger partial charge in [-0.05, 0) is 39.2 Å². The minimum Gasteiger partial charge on any atom is -0.466 e. The number of aromatic nitrogens is 1. The van der Waals surface area contributed by atoms with Crippen LogP contribution < -0.4 is 5.32 Å². The number of esters is 1. The van der Waals surface area contributed by atoms with Crippen molar-refractivity contribution in [2.24, 2.45) is 5.41 Å². The molecule has 1 fully saturated rings.